The summed E-state index contributed by atoms with van der Waals surface area (Å²) in [4.78, 5) is 11.7. The van der Waals surface area contributed by atoms with Crippen molar-refractivity contribution in [3.05, 3.63) is 29.8 Å². The molecule has 17 heavy (non-hydrogen) atoms. The van der Waals surface area contributed by atoms with Crippen LogP contribution < -0.4 is 11.1 Å². The summed E-state index contributed by atoms with van der Waals surface area (Å²) in [5, 5.41) is 2.86. The summed E-state index contributed by atoms with van der Waals surface area (Å²) < 4.78 is 0. The number of anilines is 1. The Labute approximate surface area is 103 Å². The fourth-order valence-electron chi connectivity index (χ4n) is 1.75. The number of benzene rings is 1. The third-order valence-corrected chi connectivity index (χ3v) is 2.75. The van der Waals surface area contributed by atoms with E-state index in [2.05, 4.69) is 19.2 Å². The SMILES string of the molecule is CCCC(N)CC(=O)Nc1ccc(CC)cc1. The molecule has 0 fully saturated rings. The van der Waals surface area contributed by atoms with Crippen molar-refractivity contribution in [3.8, 4) is 0 Å². The molecule has 0 bridgehead atoms. The van der Waals surface area contributed by atoms with Gasteiger partial charge in [0.1, 0.15) is 0 Å². The summed E-state index contributed by atoms with van der Waals surface area (Å²) in [6, 6.07) is 7.89. The van der Waals surface area contributed by atoms with Crippen molar-refractivity contribution in [2.24, 2.45) is 5.73 Å². The molecule has 94 valence electrons. The maximum Gasteiger partial charge on any atom is 0.225 e. The van der Waals surface area contributed by atoms with Gasteiger partial charge in [-0.25, -0.2) is 0 Å². The highest BCUT2D eigenvalue weighted by Crippen LogP contribution is 2.10. The number of nitrogens with two attached hydrogens (primary N) is 1. The summed E-state index contributed by atoms with van der Waals surface area (Å²) in [6.45, 7) is 4.18. The lowest BCUT2D eigenvalue weighted by Gasteiger charge is -2.10. The van der Waals surface area contributed by atoms with Crippen LogP contribution in [0.2, 0.25) is 0 Å². The summed E-state index contributed by atoms with van der Waals surface area (Å²) in [6.07, 6.45) is 3.31. The van der Waals surface area contributed by atoms with E-state index in [0.717, 1.165) is 24.9 Å². The van der Waals surface area contributed by atoms with E-state index in [9.17, 15) is 4.79 Å². The van der Waals surface area contributed by atoms with Crippen molar-refractivity contribution in [1.29, 1.82) is 0 Å². The first-order valence-electron chi connectivity index (χ1n) is 6.30. The Bertz CT molecular complexity index is 346. The van der Waals surface area contributed by atoms with E-state index in [4.69, 9.17) is 5.73 Å². The Kier molecular flexibility index (Phi) is 5.70. The third kappa shape index (κ3) is 5.00. The molecule has 1 aromatic carbocycles. The summed E-state index contributed by atoms with van der Waals surface area (Å²) in [7, 11) is 0. The van der Waals surface area contributed by atoms with Crippen LogP contribution in [0.3, 0.4) is 0 Å². The smallest absolute Gasteiger partial charge is 0.225 e. The fraction of sp³-hybridized carbons (Fsp3) is 0.500. The Morgan fingerprint density at radius 1 is 1.29 bits per heavy atom. The number of rotatable bonds is 6. The highest BCUT2D eigenvalue weighted by Gasteiger charge is 2.08. The first-order chi connectivity index (χ1) is 8.15. The van der Waals surface area contributed by atoms with Crippen LogP contribution >= 0.6 is 0 Å². The zero-order chi connectivity index (χ0) is 12.7. The van der Waals surface area contributed by atoms with Gasteiger partial charge in [0, 0.05) is 18.2 Å². The van der Waals surface area contributed by atoms with Crippen molar-refractivity contribution in [2.75, 3.05) is 5.32 Å². The second kappa shape index (κ2) is 7.07. The maximum atomic E-state index is 11.7. The van der Waals surface area contributed by atoms with Gasteiger partial charge in [0.25, 0.3) is 0 Å². The molecule has 1 rings (SSSR count). The van der Waals surface area contributed by atoms with Crippen LogP contribution in [0.5, 0.6) is 0 Å². The Balaban J connectivity index is 2.44. The van der Waals surface area contributed by atoms with Crippen LogP contribution in [0.1, 0.15) is 38.7 Å². The first-order valence-corrected chi connectivity index (χ1v) is 6.30. The number of hydrogen-bond acceptors (Lipinski definition) is 2. The molecule has 0 aliphatic carbocycles. The van der Waals surface area contributed by atoms with E-state index in [0.29, 0.717) is 6.42 Å². The quantitative estimate of drug-likeness (QED) is 0.795. The molecule has 1 amide bonds. The molecule has 0 radical (unpaired) electrons. The van der Waals surface area contributed by atoms with Gasteiger partial charge >= 0.3 is 0 Å². The molecule has 0 heterocycles. The van der Waals surface area contributed by atoms with Crippen molar-refractivity contribution in [2.45, 2.75) is 45.6 Å². The largest absolute Gasteiger partial charge is 0.327 e. The Morgan fingerprint density at radius 2 is 1.94 bits per heavy atom. The second-order valence-corrected chi connectivity index (χ2v) is 4.35. The zero-order valence-electron chi connectivity index (χ0n) is 10.7. The summed E-state index contributed by atoms with van der Waals surface area (Å²) >= 11 is 0. The Morgan fingerprint density at radius 3 is 2.47 bits per heavy atom. The maximum absolute atomic E-state index is 11.7. The Hall–Kier alpha value is -1.35. The molecule has 0 aromatic heterocycles. The zero-order valence-corrected chi connectivity index (χ0v) is 10.7. The van der Waals surface area contributed by atoms with Crippen molar-refractivity contribution < 1.29 is 4.79 Å². The number of carbonyl (C=O) groups excluding carboxylic acids is 1. The first kappa shape index (κ1) is 13.7. The molecular formula is C14H22N2O. The summed E-state index contributed by atoms with van der Waals surface area (Å²) in [5.74, 6) is -0.00445. The molecule has 3 N–H and O–H groups in total. The minimum absolute atomic E-state index is 0.00445. The number of carbonyl (C=O) groups is 1. The van der Waals surface area contributed by atoms with Gasteiger partial charge < -0.3 is 11.1 Å². The molecule has 0 saturated heterocycles. The number of nitrogens with one attached hydrogen (secondary N) is 1. The van der Waals surface area contributed by atoms with Crippen molar-refractivity contribution in [1.82, 2.24) is 0 Å². The molecule has 3 nitrogen and oxygen atoms in total. The lowest BCUT2D eigenvalue weighted by molar-refractivity contribution is -0.116. The lowest BCUT2D eigenvalue weighted by Crippen LogP contribution is -2.26. The predicted octanol–water partition coefficient (Wildman–Crippen LogP) is 2.71. The van der Waals surface area contributed by atoms with Gasteiger partial charge in [-0.15, -0.1) is 0 Å². The summed E-state index contributed by atoms with van der Waals surface area (Å²) in [5.41, 5.74) is 7.94. The molecule has 1 atom stereocenters. The number of amides is 1. The molecule has 0 aliphatic rings. The number of aryl methyl sites for hydroxylation is 1. The second-order valence-electron chi connectivity index (χ2n) is 4.35. The lowest BCUT2D eigenvalue weighted by atomic mass is 10.1. The van der Waals surface area contributed by atoms with E-state index in [-0.39, 0.29) is 11.9 Å². The van der Waals surface area contributed by atoms with E-state index < -0.39 is 0 Å². The molecule has 0 aliphatic heterocycles. The minimum atomic E-state index is -0.0325. The standard InChI is InChI=1S/C14H22N2O/c1-3-5-12(15)10-14(17)16-13-8-6-11(4-2)7-9-13/h6-9,12H,3-5,10,15H2,1-2H3,(H,16,17). The van der Waals surface area contributed by atoms with Gasteiger partial charge in [-0.3, -0.25) is 4.79 Å². The van der Waals surface area contributed by atoms with Crippen molar-refractivity contribution >= 4 is 11.6 Å². The van der Waals surface area contributed by atoms with Gasteiger partial charge in [0.2, 0.25) is 5.91 Å². The van der Waals surface area contributed by atoms with Gasteiger partial charge in [-0.2, -0.15) is 0 Å². The van der Waals surface area contributed by atoms with E-state index >= 15 is 0 Å². The molecule has 0 spiro atoms. The number of hydrogen-bond donors (Lipinski definition) is 2. The highest BCUT2D eigenvalue weighted by molar-refractivity contribution is 5.91. The monoisotopic (exact) mass is 234 g/mol. The van der Waals surface area contributed by atoms with Crippen LogP contribution in [0.15, 0.2) is 24.3 Å². The van der Waals surface area contributed by atoms with Gasteiger partial charge in [-0.05, 0) is 30.5 Å². The van der Waals surface area contributed by atoms with Crippen LogP contribution in [0, 0.1) is 0 Å². The van der Waals surface area contributed by atoms with Crippen LogP contribution in [-0.4, -0.2) is 11.9 Å². The normalized spacial score (nSPS) is 12.2. The average molecular weight is 234 g/mol. The minimum Gasteiger partial charge on any atom is -0.327 e. The van der Waals surface area contributed by atoms with Crippen LogP contribution in [0.4, 0.5) is 5.69 Å². The van der Waals surface area contributed by atoms with E-state index in [1.165, 1.54) is 5.56 Å². The molecule has 1 aromatic rings. The van der Waals surface area contributed by atoms with E-state index in [1.54, 1.807) is 0 Å². The third-order valence-electron chi connectivity index (χ3n) is 2.75. The van der Waals surface area contributed by atoms with Gasteiger partial charge in [0.05, 0.1) is 0 Å². The fourth-order valence-corrected chi connectivity index (χ4v) is 1.75. The van der Waals surface area contributed by atoms with Crippen LogP contribution in [-0.2, 0) is 11.2 Å². The molecule has 1 unspecified atom stereocenters. The van der Waals surface area contributed by atoms with E-state index in [1.807, 2.05) is 24.3 Å². The highest BCUT2D eigenvalue weighted by atomic mass is 16.1. The van der Waals surface area contributed by atoms with Crippen molar-refractivity contribution in [3.63, 3.8) is 0 Å². The predicted molar refractivity (Wildman–Crippen MR) is 72.0 cm³/mol. The molecule has 0 saturated carbocycles. The van der Waals surface area contributed by atoms with Gasteiger partial charge in [0.15, 0.2) is 0 Å². The molecular weight excluding hydrogens is 212 g/mol. The molecule has 3 heteroatoms. The van der Waals surface area contributed by atoms with Crippen LogP contribution in [0.25, 0.3) is 0 Å². The topological polar surface area (TPSA) is 55.1 Å². The van der Waals surface area contributed by atoms with Gasteiger partial charge in [-0.1, -0.05) is 32.4 Å². The average Bonchev–Trinajstić information content (AvgIpc) is 2.30.